The van der Waals surface area contributed by atoms with Crippen LogP contribution < -0.4 is 10.1 Å². The maximum Gasteiger partial charge on any atom is 0.321 e. The van der Waals surface area contributed by atoms with Gasteiger partial charge >= 0.3 is 6.03 Å². The first-order valence-electron chi connectivity index (χ1n) is 10.2. The summed E-state index contributed by atoms with van der Waals surface area (Å²) in [6.45, 7) is 4.70. The second kappa shape index (κ2) is 9.17. The molecule has 0 atom stereocenters. The lowest BCUT2D eigenvalue weighted by Crippen LogP contribution is -2.52. The zero-order valence-corrected chi connectivity index (χ0v) is 17.8. The minimum atomic E-state index is -0.143. The van der Waals surface area contributed by atoms with Gasteiger partial charge in [0.1, 0.15) is 5.75 Å². The van der Waals surface area contributed by atoms with Crippen LogP contribution in [0.2, 0.25) is 0 Å². The summed E-state index contributed by atoms with van der Waals surface area (Å²) >= 11 is 1.67. The zero-order valence-electron chi connectivity index (χ0n) is 17.0. The normalized spacial score (nSPS) is 14.0. The number of fused-ring (bicyclic) bond motifs is 1. The molecule has 30 heavy (non-hydrogen) atoms. The molecule has 4 rings (SSSR count). The summed E-state index contributed by atoms with van der Waals surface area (Å²) in [7, 11) is 0. The Hall–Kier alpha value is -3.06. The van der Waals surface area contributed by atoms with Gasteiger partial charge in [-0.25, -0.2) is 4.79 Å². The Balaban J connectivity index is 1.28. The average Bonchev–Trinajstić information content (AvgIpc) is 3.18. The van der Waals surface area contributed by atoms with E-state index in [0.29, 0.717) is 39.2 Å². The number of hydrogen-bond acceptors (Lipinski definition) is 4. The number of nitrogens with one attached hydrogen (secondary N) is 1. The number of carbonyl (C=O) groups excluding carboxylic acids is 2. The van der Waals surface area contributed by atoms with Gasteiger partial charge in [0.05, 0.1) is 13.0 Å². The molecule has 0 spiro atoms. The van der Waals surface area contributed by atoms with Gasteiger partial charge in [0.15, 0.2) is 0 Å². The summed E-state index contributed by atoms with van der Waals surface area (Å²) in [5.41, 5.74) is 1.81. The molecular formula is C23H25N3O3S. The second-order valence-corrected chi connectivity index (χ2v) is 8.10. The van der Waals surface area contributed by atoms with Crippen molar-refractivity contribution in [1.82, 2.24) is 9.80 Å². The Morgan fingerprint density at radius 1 is 1.00 bits per heavy atom. The topological polar surface area (TPSA) is 61.9 Å². The number of ether oxygens (including phenoxy) is 1. The van der Waals surface area contributed by atoms with E-state index in [1.54, 1.807) is 16.2 Å². The third-order valence-corrected chi connectivity index (χ3v) is 6.25. The molecule has 1 saturated heterocycles. The largest absolute Gasteiger partial charge is 0.494 e. The number of carbonyl (C=O) groups is 2. The quantitative estimate of drug-likeness (QED) is 0.668. The first-order valence-corrected chi connectivity index (χ1v) is 11.0. The maximum absolute atomic E-state index is 12.8. The molecule has 3 aromatic rings. The first kappa shape index (κ1) is 20.2. The lowest BCUT2D eigenvalue weighted by molar-refractivity contribution is -0.131. The number of urea groups is 1. The van der Waals surface area contributed by atoms with Crippen LogP contribution in [0, 0.1) is 0 Å². The van der Waals surface area contributed by atoms with Gasteiger partial charge < -0.3 is 19.9 Å². The van der Waals surface area contributed by atoms with Crippen molar-refractivity contribution in [2.24, 2.45) is 0 Å². The van der Waals surface area contributed by atoms with E-state index in [9.17, 15) is 9.59 Å². The number of benzene rings is 2. The van der Waals surface area contributed by atoms with E-state index in [0.717, 1.165) is 22.4 Å². The molecule has 6 nitrogen and oxygen atoms in total. The third-order valence-electron chi connectivity index (χ3n) is 5.24. The van der Waals surface area contributed by atoms with Gasteiger partial charge in [-0.05, 0) is 53.6 Å². The Labute approximate surface area is 180 Å². The van der Waals surface area contributed by atoms with Crippen LogP contribution in [0.5, 0.6) is 5.75 Å². The molecule has 2 heterocycles. The minimum absolute atomic E-state index is 0.116. The molecule has 1 N–H and O–H groups in total. The Morgan fingerprint density at radius 3 is 2.43 bits per heavy atom. The molecule has 0 bridgehead atoms. The number of anilines is 1. The van der Waals surface area contributed by atoms with Crippen LogP contribution in [-0.4, -0.2) is 54.5 Å². The van der Waals surface area contributed by atoms with Crippen molar-refractivity contribution in [3.8, 4) is 5.75 Å². The minimum Gasteiger partial charge on any atom is -0.494 e. The fraction of sp³-hybridized carbons (Fsp3) is 0.304. The van der Waals surface area contributed by atoms with E-state index in [4.69, 9.17) is 4.74 Å². The third kappa shape index (κ3) is 4.57. The molecule has 2 aromatic carbocycles. The second-order valence-electron chi connectivity index (χ2n) is 7.19. The van der Waals surface area contributed by atoms with Crippen molar-refractivity contribution < 1.29 is 14.3 Å². The van der Waals surface area contributed by atoms with Crippen molar-refractivity contribution >= 4 is 39.0 Å². The van der Waals surface area contributed by atoms with Crippen molar-refractivity contribution in [2.75, 3.05) is 38.1 Å². The fourth-order valence-corrected chi connectivity index (χ4v) is 4.57. The molecule has 1 aromatic heterocycles. The smallest absolute Gasteiger partial charge is 0.321 e. The summed E-state index contributed by atoms with van der Waals surface area (Å²) in [6, 6.07) is 15.4. The zero-order chi connectivity index (χ0) is 20.9. The van der Waals surface area contributed by atoms with E-state index in [-0.39, 0.29) is 11.9 Å². The fourth-order valence-electron chi connectivity index (χ4n) is 3.61. The summed E-state index contributed by atoms with van der Waals surface area (Å²) in [5.74, 6) is 0.895. The van der Waals surface area contributed by atoms with Crippen LogP contribution >= 0.6 is 11.3 Å². The van der Waals surface area contributed by atoms with Crippen molar-refractivity contribution in [3.63, 3.8) is 0 Å². The molecule has 1 fully saturated rings. The molecule has 0 radical (unpaired) electrons. The maximum atomic E-state index is 12.8. The van der Waals surface area contributed by atoms with E-state index in [1.807, 2.05) is 48.2 Å². The highest BCUT2D eigenvalue weighted by Crippen LogP contribution is 2.26. The predicted molar refractivity (Wildman–Crippen MR) is 120 cm³/mol. The molecule has 0 saturated carbocycles. The predicted octanol–water partition coefficient (Wildman–Crippen LogP) is 4.22. The number of hydrogen-bond donors (Lipinski definition) is 1. The van der Waals surface area contributed by atoms with E-state index in [2.05, 4.69) is 22.8 Å². The molecule has 7 heteroatoms. The lowest BCUT2D eigenvalue weighted by Gasteiger charge is -2.34. The summed E-state index contributed by atoms with van der Waals surface area (Å²) in [5, 5.41) is 6.14. The van der Waals surface area contributed by atoms with Crippen molar-refractivity contribution in [2.45, 2.75) is 13.3 Å². The molecule has 156 valence electrons. The molecule has 1 aliphatic heterocycles. The van der Waals surface area contributed by atoms with Gasteiger partial charge in [0.25, 0.3) is 0 Å². The molecule has 0 unspecified atom stereocenters. The van der Waals surface area contributed by atoms with Crippen LogP contribution in [0.3, 0.4) is 0 Å². The van der Waals surface area contributed by atoms with Gasteiger partial charge in [-0.2, -0.15) is 0 Å². The van der Waals surface area contributed by atoms with Crippen LogP contribution in [0.25, 0.3) is 10.1 Å². The van der Waals surface area contributed by atoms with Gasteiger partial charge in [0.2, 0.25) is 5.91 Å². The highest BCUT2D eigenvalue weighted by Gasteiger charge is 2.24. The number of amides is 3. The molecule has 3 amide bonds. The van der Waals surface area contributed by atoms with Crippen LogP contribution in [-0.2, 0) is 11.2 Å². The summed E-state index contributed by atoms with van der Waals surface area (Å²) < 4.78 is 6.62. The van der Waals surface area contributed by atoms with Gasteiger partial charge in [0, 0.05) is 36.6 Å². The number of thiophene rings is 1. The van der Waals surface area contributed by atoms with Gasteiger partial charge in [-0.15, -0.1) is 11.3 Å². The molecular weight excluding hydrogens is 398 g/mol. The molecule has 0 aliphatic carbocycles. The average molecular weight is 424 g/mol. The molecule has 1 aliphatic rings. The highest BCUT2D eigenvalue weighted by molar-refractivity contribution is 7.17. The Morgan fingerprint density at radius 2 is 1.70 bits per heavy atom. The number of piperazine rings is 1. The Bertz CT molecular complexity index is 1020. The summed E-state index contributed by atoms with van der Waals surface area (Å²) in [4.78, 5) is 28.9. The standard InChI is InChI=1S/C23H25N3O3S/c1-2-29-19-9-7-18(8-10-19)24-23(28)26-13-11-25(12-14-26)22(27)15-17-16-30-21-6-4-3-5-20(17)21/h3-10,16H,2,11-15H2,1H3,(H,24,28). The highest BCUT2D eigenvalue weighted by atomic mass is 32.1. The van der Waals surface area contributed by atoms with E-state index in [1.165, 1.54) is 4.70 Å². The van der Waals surface area contributed by atoms with E-state index >= 15 is 0 Å². The Kier molecular flexibility index (Phi) is 6.18. The van der Waals surface area contributed by atoms with Crippen molar-refractivity contribution in [3.05, 3.63) is 59.5 Å². The van der Waals surface area contributed by atoms with Crippen LogP contribution in [0.4, 0.5) is 10.5 Å². The van der Waals surface area contributed by atoms with Crippen molar-refractivity contribution in [1.29, 1.82) is 0 Å². The number of nitrogens with zero attached hydrogens (tertiary/aromatic N) is 2. The van der Waals surface area contributed by atoms with Crippen LogP contribution in [0.1, 0.15) is 12.5 Å². The lowest BCUT2D eigenvalue weighted by atomic mass is 10.1. The van der Waals surface area contributed by atoms with Gasteiger partial charge in [-0.3, -0.25) is 4.79 Å². The van der Waals surface area contributed by atoms with Gasteiger partial charge in [-0.1, -0.05) is 18.2 Å². The SMILES string of the molecule is CCOc1ccc(NC(=O)N2CCN(C(=O)Cc3csc4ccccc34)CC2)cc1. The number of rotatable bonds is 5. The monoisotopic (exact) mass is 423 g/mol. The van der Waals surface area contributed by atoms with Crippen LogP contribution in [0.15, 0.2) is 53.9 Å². The first-order chi connectivity index (χ1) is 14.6. The summed E-state index contributed by atoms with van der Waals surface area (Å²) in [6.07, 6.45) is 0.405. The van der Waals surface area contributed by atoms with E-state index < -0.39 is 0 Å².